The summed E-state index contributed by atoms with van der Waals surface area (Å²) in [5.41, 5.74) is 2.12. The number of fused-ring (bicyclic) bond motifs is 1. The first-order chi connectivity index (χ1) is 19.6. The molecule has 2 aliphatic rings. The summed E-state index contributed by atoms with van der Waals surface area (Å²) in [6.07, 6.45) is 6.96. The Kier molecular flexibility index (Phi) is 11.2. The highest BCUT2D eigenvalue weighted by molar-refractivity contribution is 7.90. The van der Waals surface area contributed by atoms with Crippen LogP contribution < -0.4 is 15.4 Å². The number of nitrogens with one attached hydrogen (secondary N) is 3. The van der Waals surface area contributed by atoms with Gasteiger partial charge < -0.3 is 15.5 Å². The maximum Gasteiger partial charge on any atom is 0.243 e. The van der Waals surface area contributed by atoms with Gasteiger partial charge in [-0.05, 0) is 75.4 Å². The summed E-state index contributed by atoms with van der Waals surface area (Å²) in [5.74, 6) is 0.0989. The number of likely N-dealkylation sites (tertiary alicyclic amines) is 1. The molecule has 0 radical (unpaired) electrons. The molecular weight excluding hydrogens is 558 g/mol. The van der Waals surface area contributed by atoms with E-state index in [-0.39, 0.29) is 43.2 Å². The molecular formula is C30H47N5O4S2. The van der Waals surface area contributed by atoms with Crippen LogP contribution in [0, 0.1) is 5.92 Å². The first kappa shape index (κ1) is 31.8. The van der Waals surface area contributed by atoms with E-state index in [0.29, 0.717) is 18.8 Å². The standard InChI is InChI=1S/C30H47N5O4S2/c1-5-28(36)32-25(18-29-33-24-12-11-22(20(2)3)17-27(24)40-29)30(37)34-26(21-9-7-6-8-10-21)19-31-41(38,39)23-13-15-35(4)16-14-23/h11-12,17,20-21,23,25-26,31H,5-10,13-16,18-19H2,1-4H3,(H,32,36)(H,34,37)/t25-,26+/m0/s1. The number of hydrogen-bond acceptors (Lipinski definition) is 7. The van der Waals surface area contributed by atoms with Crippen molar-refractivity contribution in [1.82, 2.24) is 25.2 Å². The van der Waals surface area contributed by atoms with Crippen LogP contribution in [-0.4, -0.2) is 74.1 Å². The molecule has 1 aliphatic carbocycles. The summed E-state index contributed by atoms with van der Waals surface area (Å²) in [5, 5.41) is 6.44. The van der Waals surface area contributed by atoms with Crippen molar-refractivity contribution in [2.75, 3.05) is 26.7 Å². The van der Waals surface area contributed by atoms with Gasteiger partial charge in [-0.15, -0.1) is 11.3 Å². The number of amides is 2. The zero-order chi connectivity index (χ0) is 29.6. The van der Waals surface area contributed by atoms with Crippen LogP contribution in [0.15, 0.2) is 18.2 Å². The molecule has 0 spiro atoms. The summed E-state index contributed by atoms with van der Waals surface area (Å²) in [6, 6.07) is 5.12. The van der Waals surface area contributed by atoms with Crippen molar-refractivity contribution in [3.63, 3.8) is 0 Å². The number of nitrogens with zero attached hydrogens (tertiary/aromatic N) is 2. The first-order valence-corrected chi connectivity index (χ1v) is 17.6. The van der Waals surface area contributed by atoms with Gasteiger partial charge in [0.1, 0.15) is 6.04 Å². The van der Waals surface area contributed by atoms with Gasteiger partial charge in [0.05, 0.1) is 20.5 Å². The van der Waals surface area contributed by atoms with Gasteiger partial charge in [-0.25, -0.2) is 18.1 Å². The maximum absolute atomic E-state index is 13.7. The van der Waals surface area contributed by atoms with Crippen LogP contribution in [0.2, 0.25) is 0 Å². The van der Waals surface area contributed by atoms with E-state index in [2.05, 4.69) is 46.2 Å². The smallest absolute Gasteiger partial charge is 0.243 e. The van der Waals surface area contributed by atoms with Gasteiger partial charge in [-0.2, -0.15) is 0 Å². The summed E-state index contributed by atoms with van der Waals surface area (Å²) < 4.78 is 30.3. The Balaban J connectivity index is 1.49. The molecule has 9 nitrogen and oxygen atoms in total. The molecule has 2 aromatic rings. The molecule has 0 unspecified atom stereocenters. The van der Waals surface area contributed by atoms with Crippen LogP contribution >= 0.6 is 11.3 Å². The third kappa shape index (κ3) is 8.72. The number of sulfonamides is 1. The highest BCUT2D eigenvalue weighted by atomic mass is 32.2. The lowest BCUT2D eigenvalue weighted by Crippen LogP contribution is -2.56. The number of carbonyl (C=O) groups is 2. The lowest BCUT2D eigenvalue weighted by atomic mass is 9.83. The molecule has 1 aromatic carbocycles. The molecule has 2 fully saturated rings. The Hall–Kier alpha value is -2.08. The van der Waals surface area contributed by atoms with Crippen molar-refractivity contribution in [2.24, 2.45) is 5.92 Å². The van der Waals surface area contributed by atoms with E-state index in [4.69, 9.17) is 4.98 Å². The first-order valence-electron chi connectivity index (χ1n) is 15.2. The molecule has 1 aromatic heterocycles. The number of piperidine rings is 1. The summed E-state index contributed by atoms with van der Waals surface area (Å²) >= 11 is 1.55. The monoisotopic (exact) mass is 605 g/mol. The van der Waals surface area contributed by atoms with Gasteiger partial charge in [-0.3, -0.25) is 9.59 Å². The van der Waals surface area contributed by atoms with Crippen LogP contribution in [0.1, 0.15) is 88.6 Å². The Morgan fingerprint density at radius 1 is 1.07 bits per heavy atom. The van der Waals surface area contributed by atoms with Crippen molar-refractivity contribution in [3.8, 4) is 0 Å². The number of aromatic nitrogens is 1. The van der Waals surface area contributed by atoms with Crippen molar-refractivity contribution in [1.29, 1.82) is 0 Å². The molecule has 4 rings (SSSR count). The Morgan fingerprint density at radius 2 is 1.78 bits per heavy atom. The zero-order valence-corrected chi connectivity index (χ0v) is 26.6. The van der Waals surface area contributed by atoms with Crippen molar-refractivity contribution < 1.29 is 18.0 Å². The average molecular weight is 606 g/mol. The summed E-state index contributed by atoms with van der Waals surface area (Å²) in [7, 11) is -1.49. The van der Waals surface area contributed by atoms with Gasteiger partial charge in [0.25, 0.3) is 0 Å². The maximum atomic E-state index is 13.7. The molecule has 3 N–H and O–H groups in total. The third-order valence-electron chi connectivity index (χ3n) is 8.63. The second-order valence-corrected chi connectivity index (χ2v) is 15.2. The number of benzene rings is 1. The van der Waals surface area contributed by atoms with E-state index < -0.39 is 21.3 Å². The van der Waals surface area contributed by atoms with Crippen molar-refractivity contribution in [2.45, 2.75) is 102 Å². The van der Waals surface area contributed by atoms with E-state index in [0.717, 1.165) is 60.4 Å². The normalized spacial score (nSPS) is 19.3. The van der Waals surface area contributed by atoms with Gasteiger partial charge in [0.15, 0.2) is 0 Å². The molecule has 2 atom stereocenters. The average Bonchev–Trinajstić information content (AvgIpc) is 3.37. The molecule has 2 heterocycles. The SMILES string of the molecule is CCC(=O)N[C@@H](Cc1nc2ccc(C(C)C)cc2s1)C(=O)N[C@H](CNS(=O)(=O)C1CCN(C)CC1)C1CCCCC1. The fourth-order valence-corrected chi connectivity index (χ4v) is 8.43. The Labute approximate surface area is 249 Å². The number of rotatable bonds is 12. The van der Waals surface area contributed by atoms with Crippen molar-refractivity contribution in [3.05, 3.63) is 28.8 Å². The predicted octanol–water partition coefficient (Wildman–Crippen LogP) is 3.94. The van der Waals surface area contributed by atoms with Crippen molar-refractivity contribution >= 4 is 43.4 Å². The van der Waals surface area contributed by atoms with E-state index in [1.165, 1.54) is 5.56 Å². The minimum absolute atomic E-state index is 0.165. The lowest BCUT2D eigenvalue weighted by Gasteiger charge is -2.33. The molecule has 11 heteroatoms. The fraction of sp³-hybridized carbons (Fsp3) is 0.700. The van der Waals surface area contributed by atoms with Gasteiger partial charge in [0.2, 0.25) is 21.8 Å². The molecule has 41 heavy (non-hydrogen) atoms. The van der Waals surface area contributed by atoms with Crippen LogP contribution in [0.4, 0.5) is 0 Å². The van der Waals surface area contributed by atoms with Gasteiger partial charge >= 0.3 is 0 Å². The van der Waals surface area contributed by atoms with E-state index in [1.807, 2.05) is 13.1 Å². The largest absolute Gasteiger partial charge is 0.350 e. The highest BCUT2D eigenvalue weighted by Gasteiger charge is 2.33. The second-order valence-electron chi connectivity index (χ2n) is 12.1. The molecule has 1 saturated carbocycles. The number of hydrogen-bond donors (Lipinski definition) is 3. The minimum atomic E-state index is -3.50. The number of carbonyl (C=O) groups excluding carboxylic acids is 2. The van der Waals surface area contributed by atoms with Crippen LogP contribution in [0.3, 0.4) is 0 Å². The Morgan fingerprint density at radius 3 is 2.44 bits per heavy atom. The zero-order valence-electron chi connectivity index (χ0n) is 24.9. The van der Waals surface area contributed by atoms with E-state index in [9.17, 15) is 18.0 Å². The molecule has 1 aliphatic heterocycles. The van der Waals surface area contributed by atoms with Gasteiger partial charge in [-0.1, -0.05) is 46.1 Å². The van der Waals surface area contributed by atoms with Crippen LogP contribution in [0.5, 0.6) is 0 Å². The lowest BCUT2D eigenvalue weighted by molar-refractivity contribution is -0.129. The van der Waals surface area contributed by atoms with Crippen LogP contribution in [-0.2, 0) is 26.0 Å². The topological polar surface area (TPSA) is 120 Å². The molecule has 2 amide bonds. The fourth-order valence-electron chi connectivity index (χ4n) is 5.89. The Bertz CT molecular complexity index is 1280. The quantitative estimate of drug-likeness (QED) is 0.337. The predicted molar refractivity (Wildman–Crippen MR) is 166 cm³/mol. The second kappa shape index (κ2) is 14.4. The highest BCUT2D eigenvalue weighted by Crippen LogP contribution is 2.29. The summed E-state index contributed by atoms with van der Waals surface area (Å²) in [6.45, 7) is 7.76. The number of thiazole rings is 1. The molecule has 228 valence electrons. The van der Waals surface area contributed by atoms with Gasteiger partial charge in [0, 0.05) is 25.4 Å². The molecule has 0 bridgehead atoms. The third-order valence-corrected chi connectivity index (χ3v) is 11.6. The summed E-state index contributed by atoms with van der Waals surface area (Å²) in [4.78, 5) is 33.1. The molecule has 1 saturated heterocycles. The minimum Gasteiger partial charge on any atom is -0.350 e. The van der Waals surface area contributed by atoms with E-state index >= 15 is 0 Å². The van der Waals surface area contributed by atoms with E-state index in [1.54, 1.807) is 18.3 Å². The van der Waals surface area contributed by atoms with Crippen LogP contribution in [0.25, 0.3) is 10.2 Å².